The summed E-state index contributed by atoms with van der Waals surface area (Å²) in [6, 6.07) is 0. The third-order valence-electron chi connectivity index (χ3n) is 0. The summed E-state index contributed by atoms with van der Waals surface area (Å²) in [6.07, 6.45) is 0. The summed E-state index contributed by atoms with van der Waals surface area (Å²) in [5.74, 6) is 0. The zero-order valence-electron chi connectivity index (χ0n) is 6.01. The van der Waals surface area contributed by atoms with E-state index < -0.39 is 10.2 Å². The summed E-state index contributed by atoms with van der Waals surface area (Å²) in [6.45, 7) is 0. The summed E-state index contributed by atoms with van der Waals surface area (Å²) in [7, 11) is -4.94. The molecule has 0 saturated heterocycles. The fourth-order valence-corrected chi connectivity index (χ4v) is 0. The second-order valence-electron chi connectivity index (χ2n) is 0.378. The molecule has 0 aromatic heterocycles. The van der Waals surface area contributed by atoms with Crippen molar-refractivity contribution in [3.63, 3.8) is 0 Å². The van der Waals surface area contributed by atoms with E-state index in [4.69, 9.17) is 18.6 Å². The number of halogens is 1. The molecule has 0 aliphatic heterocycles. The Balaban J connectivity index is -0.00000000381. The summed E-state index contributed by atoms with van der Waals surface area (Å²) < 4.78 is 34.0. The van der Waals surface area contributed by atoms with Gasteiger partial charge in [0.05, 0.1) is 0 Å². The van der Waals surface area contributed by atoms with Crippen LogP contribution in [0.1, 0.15) is 0 Å². The van der Waals surface area contributed by atoms with Crippen molar-refractivity contribution in [2.45, 2.75) is 0 Å². The van der Waals surface area contributed by atoms with Crippen molar-refractivity contribution in [3.05, 3.63) is 0 Å². The van der Waals surface area contributed by atoms with Crippen LogP contribution < -0.4 is 48.2 Å². The molecular weight excluding hydrogens is 218 g/mol. The summed E-state index contributed by atoms with van der Waals surface area (Å²) in [4.78, 5) is 0. The third-order valence-corrected chi connectivity index (χ3v) is 0. The van der Waals surface area contributed by atoms with Gasteiger partial charge in [-0.2, -0.15) is 0 Å². The quantitative estimate of drug-likeness (QED) is 0.366. The molecule has 0 amide bonds. The van der Waals surface area contributed by atoms with E-state index >= 15 is 0 Å². The SMILES string of the molecule is O.O.O.O.O.O.[Na+].[O-][Cl+3]([O-])([O-])[O-]. The Morgan fingerprint density at radius 2 is 0.500 bits per heavy atom. The van der Waals surface area contributed by atoms with E-state index in [1.807, 2.05) is 0 Å². The maximum Gasteiger partial charge on any atom is 1.00 e. The molecule has 0 radical (unpaired) electrons. The van der Waals surface area contributed by atoms with Crippen LogP contribution in [0.5, 0.6) is 0 Å². The Bertz CT molecular complexity index is 25.3. The van der Waals surface area contributed by atoms with Gasteiger partial charge in [0.2, 0.25) is 0 Å². The van der Waals surface area contributed by atoms with E-state index in [0.29, 0.717) is 0 Å². The predicted octanol–water partition coefficient (Wildman–Crippen LogP) is -12.7. The first-order chi connectivity index (χ1) is 2.00. The fraction of sp³-hybridized carbons (Fsp3) is 0. The van der Waals surface area contributed by atoms with Crippen LogP contribution in [0.3, 0.4) is 0 Å². The van der Waals surface area contributed by atoms with Crippen LogP contribution in [0.4, 0.5) is 0 Å². The van der Waals surface area contributed by atoms with E-state index in [-0.39, 0.29) is 62.4 Å². The Labute approximate surface area is 91.3 Å². The van der Waals surface area contributed by atoms with Crippen LogP contribution in [0.2, 0.25) is 0 Å². The average molecular weight is 231 g/mol. The van der Waals surface area contributed by atoms with E-state index in [9.17, 15) is 0 Å². The van der Waals surface area contributed by atoms with Crippen LogP contribution >= 0.6 is 0 Å². The molecule has 0 aliphatic carbocycles. The third kappa shape index (κ3) is 1340. The van der Waals surface area contributed by atoms with Crippen LogP contribution in [0.15, 0.2) is 0 Å². The van der Waals surface area contributed by atoms with Crippen LogP contribution in [-0.2, 0) is 0 Å². The normalized spacial score (nSPS) is 5.00. The molecule has 12 N–H and O–H groups in total. The first-order valence-corrected chi connectivity index (χ1v) is 1.85. The molecule has 0 unspecified atom stereocenters. The molecular formula is H12ClNaO10. The first kappa shape index (κ1) is 76.2. The van der Waals surface area contributed by atoms with Gasteiger partial charge in [0.1, 0.15) is 0 Å². The van der Waals surface area contributed by atoms with Gasteiger partial charge in [0.25, 0.3) is 0 Å². The Kier molecular flexibility index (Phi) is 189. The van der Waals surface area contributed by atoms with Crippen LogP contribution in [0, 0.1) is 10.2 Å². The zero-order chi connectivity index (χ0) is 4.50. The monoisotopic (exact) mass is 230 g/mol. The van der Waals surface area contributed by atoms with Crippen molar-refractivity contribution < 1.29 is 91.3 Å². The largest absolute Gasteiger partial charge is 1.00 e. The minimum Gasteiger partial charge on any atom is -0.412 e. The maximum atomic E-state index is 8.49. The molecule has 0 fully saturated rings. The van der Waals surface area contributed by atoms with Crippen molar-refractivity contribution in [3.8, 4) is 0 Å². The molecule has 0 aliphatic rings. The van der Waals surface area contributed by atoms with Crippen molar-refractivity contribution in [2.75, 3.05) is 0 Å². The van der Waals surface area contributed by atoms with Crippen LogP contribution in [0.25, 0.3) is 0 Å². The van der Waals surface area contributed by atoms with E-state index in [1.165, 1.54) is 0 Å². The molecule has 0 heterocycles. The maximum absolute atomic E-state index is 8.49. The molecule has 10 nitrogen and oxygen atoms in total. The van der Waals surface area contributed by atoms with E-state index in [2.05, 4.69) is 0 Å². The van der Waals surface area contributed by atoms with Gasteiger partial charge in [-0.15, -0.1) is 10.2 Å². The smallest absolute Gasteiger partial charge is 0.412 e. The Hall–Kier alpha value is 0.890. The van der Waals surface area contributed by atoms with E-state index in [1.54, 1.807) is 0 Å². The molecule has 0 aromatic rings. The Morgan fingerprint density at radius 1 is 0.500 bits per heavy atom. The topological polar surface area (TPSA) is 281 Å². The van der Waals surface area contributed by atoms with Gasteiger partial charge in [0.15, 0.2) is 0 Å². The molecule has 0 aromatic carbocycles. The van der Waals surface area contributed by atoms with Crippen molar-refractivity contribution >= 4 is 0 Å². The summed E-state index contributed by atoms with van der Waals surface area (Å²) >= 11 is 0. The van der Waals surface area contributed by atoms with Gasteiger partial charge >= 0.3 is 29.6 Å². The molecule has 0 rings (SSSR count). The molecule has 12 heteroatoms. The van der Waals surface area contributed by atoms with Crippen molar-refractivity contribution in [1.29, 1.82) is 0 Å². The minimum absolute atomic E-state index is 0. The van der Waals surface area contributed by atoms with Crippen molar-refractivity contribution in [1.82, 2.24) is 0 Å². The molecule has 0 bridgehead atoms. The molecule has 0 atom stereocenters. The Morgan fingerprint density at radius 3 is 0.500 bits per heavy atom. The second kappa shape index (κ2) is 29.7. The van der Waals surface area contributed by atoms with Gasteiger partial charge in [-0.1, -0.05) is 0 Å². The molecule has 80 valence electrons. The standard InChI is InChI=1S/ClHO4.Na.6H2O/c2-1(3,4)5;;;;;;;/h(H,2,3,4,5);;6*1H2/q;+1;;;;;;/p-1. The number of rotatable bonds is 0. The minimum atomic E-state index is -4.94. The summed E-state index contributed by atoms with van der Waals surface area (Å²) in [5.41, 5.74) is 0. The predicted molar refractivity (Wildman–Crippen MR) is 21.7 cm³/mol. The first-order valence-electron chi connectivity index (χ1n) is 0.617. The van der Waals surface area contributed by atoms with Gasteiger partial charge in [-0.05, 0) is 0 Å². The number of hydrogen-bond acceptors (Lipinski definition) is 4. The van der Waals surface area contributed by atoms with Crippen molar-refractivity contribution in [2.24, 2.45) is 0 Å². The second-order valence-corrected chi connectivity index (χ2v) is 1.13. The fourth-order valence-electron chi connectivity index (χ4n) is 0. The van der Waals surface area contributed by atoms with Crippen LogP contribution in [-0.4, -0.2) is 32.9 Å². The average Bonchev–Trinajstić information content (AvgIpc) is 0.722. The van der Waals surface area contributed by atoms with Gasteiger partial charge in [0, 0.05) is 0 Å². The van der Waals surface area contributed by atoms with E-state index in [0.717, 1.165) is 0 Å². The van der Waals surface area contributed by atoms with Gasteiger partial charge in [-0.25, -0.2) is 18.6 Å². The zero-order valence-corrected chi connectivity index (χ0v) is 8.77. The number of hydrogen-bond donors (Lipinski definition) is 0. The van der Waals surface area contributed by atoms with Gasteiger partial charge in [-0.3, -0.25) is 0 Å². The van der Waals surface area contributed by atoms with Gasteiger partial charge < -0.3 is 32.9 Å². The molecule has 0 spiro atoms. The molecule has 0 saturated carbocycles. The molecule has 12 heavy (non-hydrogen) atoms. The summed E-state index contributed by atoms with van der Waals surface area (Å²) in [5, 5.41) is 0.